The van der Waals surface area contributed by atoms with E-state index in [-0.39, 0.29) is 0 Å². The van der Waals surface area contributed by atoms with E-state index in [1.165, 1.54) is 43.4 Å². The van der Waals surface area contributed by atoms with Crippen LogP contribution in [0.15, 0.2) is 24.3 Å². The lowest BCUT2D eigenvalue weighted by Crippen LogP contribution is -2.27. The molecule has 0 amide bonds. The lowest BCUT2D eigenvalue weighted by Gasteiger charge is -2.29. The highest BCUT2D eigenvalue weighted by Gasteiger charge is 2.19. The van der Waals surface area contributed by atoms with E-state index in [4.69, 9.17) is 0 Å². The number of nitrogens with one attached hydrogen (secondary N) is 1. The number of hydrogen-bond donors (Lipinski definition) is 1. The molecule has 1 heteroatoms. The molecule has 18 heavy (non-hydrogen) atoms. The zero-order valence-electron chi connectivity index (χ0n) is 12.1. The summed E-state index contributed by atoms with van der Waals surface area (Å²) < 4.78 is 0. The van der Waals surface area contributed by atoms with Crippen molar-refractivity contribution in [1.29, 1.82) is 0 Å². The molecule has 1 nitrogen and oxygen atoms in total. The third-order valence-corrected chi connectivity index (χ3v) is 4.33. The second-order valence-electron chi connectivity index (χ2n) is 6.11. The fraction of sp³-hybridized carbons (Fsp3) is 0.647. The van der Waals surface area contributed by atoms with Crippen LogP contribution in [0.3, 0.4) is 0 Å². The summed E-state index contributed by atoms with van der Waals surface area (Å²) in [6, 6.07) is 9.57. The Balaban J connectivity index is 1.91. The van der Waals surface area contributed by atoms with Gasteiger partial charge in [0.15, 0.2) is 0 Å². The molecule has 1 aliphatic rings. The average molecular weight is 245 g/mol. The summed E-state index contributed by atoms with van der Waals surface area (Å²) in [5.74, 6) is 1.48. The molecular formula is C17H27N. The van der Waals surface area contributed by atoms with E-state index in [1.54, 1.807) is 0 Å². The fourth-order valence-corrected chi connectivity index (χ4v) is 2.98. The molecule has 1 aliphatic carbocycles. The second-order valence-corrected chi connectivity index (χ2v) is 6.11. The molecule has 1 N–H and O–H groups in total. The maximum absolute atomic E-state index is 3.68. The van der Waals surface area contributed by atoms with Crippen LogP contribution in [0.25, 0.3) is 0 Å². The van der Waals surface area contributed by atoms with E-state index in [1.807, 2.05) is 0 Å². The molecule has 1 atom stereocenters. The van der Waals surface area contributed by atoms with Crippen LogP contribution in [0.5, 0.6) is 0 Å². The normalized spacial score (nSPS) is 18.9. The van der Waals surface area contributed by atoms with Gasteiger partial charge in [-0.1, -0.05) is 45.2 Å². The van der Waals surface area contributed by atoms with Gasteiger partial charge in [-0.3, -0.25) is 0 Å². The van der Waals surface area contributed by atoms with Gasteiger partial charge >= 0.3 is 0 Å². The first-order valence-corrected chi connectivity index (χ1v) is 7.53. The van der Waals surface area contributed by atoms with Gasteiger partial charge in [0.1, 0.15) is 0 Å². The highest BCUT2D eigenvalue weighted by Crippen LogP contribution is 2.28. The Hall–Kier alpha value is -0.980. The van der Waals surface area contributed by atoms with Crippen LogP contribution < -0.4 is 5.32 Å². The molecule has 1 unspecified atom stereocenters. The highest BCUT2D eigenvalue weighted by molar-refractivity contribution is 5.45. The Bertz CT molecular complexity index is 346. The Morgan fingerprint density at radius 2 is 1.56 bits per heavy atom. The minimum atomic E-state index is 0.607. The molecule has 1 aromatic rings. The third kappa shape index (κ3) is 3.51. The summed E-state index contributed by atoms with van der Waals surface area (Å²) in [6.45, 7) is 6.83. The van der Waals surface area contributed by atoms with Gasteiger partial charge in [-0.2, -0.15) is 0 Å². The Kier molecular flexibility index (Phi) is 4.68. The van der Waals surface area contributed by atoms with E-state index in [0.717, 1.165) is 5.92 Å². The molecule has 0 radical (unpaired) electrons. The Morgan fingerprint density at radius 1 is 0.944 bits per heavy atom. The topological polar surface area (TPSA) is 12.0 Å². The molecule has 0 aromatic heterocycles. The Morgan fingerprint density at radius 3 is 2.11 bits per heavy atom. The average Bonchev–Trinajstić information content (AvgIpc) is 2.40. The predicted octanol–water partition coefficient (Wildman–Crippen LogP) is 5.19. The van der Waals surface area contributed by atoms with Crippen LogP contribution in [-0.2, 0) is 0 Å². The molecule has 0 saturated heterocycles. The van der Waals surface area contributed by atoms with Gasteiger partial charge in [0.2, 0.25) is 0 Å². The van der Waals surface area contributed by atoms with Crippen molar-refractivity contribution in [2.24, 2.45) is 5.92 Å². The molecule has 2 rings (SSSR count). The standard InChI is InChI=1S/C17H27N/c1-13(2)15-9-11-17(12-10-15)18-14(3)16-7-5-4-6-8-16/h9-14,16,18H,4-8H2,1-3H3. The summed E-state index contributed by atoms with van der Waals surface area (Å²) in [5.41, 5.74) is 2.70. The van der Waals surface area contributed by atoms with Gasteiger partial charge in [0.05, 0.1) is 0 Å². The first kappa shape index (κ1) is 13.5. The van der Waals surface area contributed by atoms with Crippen molar-refractivity contribution in [1.82, 2.24) is 0 Å². The van der Waals surface area contributed by atoms with Crippen molar-refractivity contribution in [3.8, 4) is 0 Å². The second kappa shape index (κ2) is 6.26. The zero-order chi connectivity index (χ0) is 13.0. The summed E-state index contributed by atoms with van der Waals surface area (Å²) in [5, 5.41) is 3.68. The summed E-state index contributed by atoms with van der Waals surface area (Å²) in [4.78, 5) is 0. The molecule has 0 aliphatic heterocycles. The van der Waals surface area contributed by atoms with E-state index in [9.17, 15) is 0 Å². The third-order valence-electron chi connectivity index (χ3n) is 4.33. The first-order chi connectivity index (χ1) is 8.66. The smallest absolute Gasteiger partial charge is 0.0342 e. The van der Waals surface area contributed by atoms with Gasteiger partial charge in [0, 0.05) is 11.7 Å². The lowest BCUT2D eigenvalue weighted by molar-refractivity contribution is 0.328. The minimum absolute atomic E-state index is 0.607. The van der Waals surface area contributed by atoms with E-state index < -0.39 is 0 Å². The van der Waals surface area contributed by atoms with Crippen LogP contribution in [0.4, 0.5) is 5.69 Å². The number of benzene rings is 1. The fourth-order valence-electron chi connectivity index (χ4n) is 2.98. The number of anilines is 1. The first-order valence-electron chi connectivity index (χ1n) is 7.53. The SMILES string of the molecule is CC(C)c1ccc(NC(C)C2CCCCC2)cc1. The van der Waals surface area contributed by atoms with E-state index >= 15 is 0 Å². The number of hydrogen-bond acceptors (Lipinski definition) is 1. The van der Waals surface area contributed by atoms with Crippen LogP contribution in [0.2, 0.25) is 0 Å². The van der Waals surface area contributed by atoms with E-state index in [0.29, 0.717) is 12.0 Å². The number of rotatable bonds is 4. The monoisotopic (exact) mass is 245 g/mol. The summed E-state index contributed by atoms with van der Waals surface area (Å²) in [7, 11) is 0. The largest absolute Gasteiger partial charge is 0.382 e. The highest BCUT2D eigenvalue weighted by atomic mass is 14.9. The molecule has 1 saturated carbocycles. The van der Waals surface area contributed by atoms with Crippen molar-refractivity contribution < 1.29 is 0 Å². The molecular weight excluding hydrogens is 218 g/mol. The lowest BCUT2D eigenvalue weighted by atomic mass is 9.84. The van der Waals surface area contributed by atoms with Crippen molar-refractivity contribution in [2.45, 2.75) is 64.8 Å². The summed E-state index contributed by atoms with van der Waals surface area (Å²) in [6.07, 6.45) is 7.08. The summed E-state index contributed by atoms with van der Waals surface area (Å²) >= 11 is 0. The van der Waals surface area contributed by atoms with Crippen molar-refractivity contribution in [2.75, 3.05) is 5.32 Å². The molecule has 0 spiro atoms. The van der Waals surface area contributed by atoms with Gasteiger partial charge in [-0.25, -0.2) is 0 Å². The van der Waals surface area contributed by atoms with Crippen LogP contribution in [0.1, 0.15) is 64.4 Å². The Labute approximate surface area is 112 Å². The molecule has 0 heterocycles. The molecule has 1 aromatic carbocycles. The van der Waals surface area contributed by atoms with E-state index in [2.05, 4.69) is 50.4 Å². The van der Waals surface area contributed by atoms with Gasteiger partial charge < -0.3 is 5.32 Å². The van der Waals surface area contributed by atoms with Crippen LogP contribution >= 0.6 is 0 Å². The minimum Gasteiger partial charge on any atom is -0.382 e. The van der Waals surface area contributed by atoms with Gasteiger partial charge in [-0.05, 0) is 49.3 Å². The van der Waals surface area contributed by atoms with Crippen LogP contribution in [-0.4, -0.2) is 6.04 Å². The zero-order valence-corrected chi connectivity index (χ0v) is 12.1. The van der Waals surface area contributed by atoms with Crippen molar-refractivity contribution >= 4 is 5.69 Å². The quantitative estimate of drug-likeness (QED) is 0.769. The van der Waals surface area contributed by atoms with Crippen LogP contribution in [0, 0.1) is 5.92 Å². The molecule has 100 valence electrons. The van der Waals surface area contributed by atoms with Crippen molar-refractivity contribution in [3.63, 3.8) is 0 Å². The predicted molar refractivity (Wildman–Crippen MR) is 80.2 cm³/mol. The van der Waals surface area contributed by atoms with Gasteiger partial charge in [0.25, 0.3) is 0 Å². The maximum atomic E-state index is 3.68. The van der Waals surface area contributed by atoms with Gasteiger partial charge in [-0.15, -0.1) is 0 Å². The molecule has 1 fully saturated rings. The van der Waals surface area contributed by atoms with Crippen molar-refractivity contribution in [3.05, 3.63) is 29.8 Å². The maximum Gasteiger partial charge on any atom is 0.0342 e. The molecule has 0 bridgehead atoms.